The zero-order chi connectivity index (χ0) is 18.4. The zero-order valence-corrected chi connectivity index (χ0v) is 15.1. The van der Waals surface area contributed by atoms with E-state index < -0.39 is 0 Å². The highest BCUT2D eigenvalue weighted by molar-refractivity contribution is 6.06. The first kappa shape index (κ1) is 15.7. The summed E-state index contributed by atoms with van der Waals surface area (Å²) >= 11 is 0. The third-order valence-corrected chi connectivity index (χ3v) is 5.10. The van der Waals surface area contributed by atoms with E-state index >= 15 is 0 Å². The van der Waals surface area contributed by atoms with Crippen molar-refractivity contribution >= 4 is 50.6 Å². The fourth-order valence-corrected chi connectivity index (χ4v) is 3.68. The molecule has 5 aromatic rings. The lowest BCUT2D eigenvalue weighted by Gasteiger charge is -2.05. The number of rotatable bonds is 2. The van der Waals surface area contributed by atoms with Crippen molar-refractivity contribution in [3.05, 3.63) is 89.5 Å². The van der Waals surface area contributed by atoms with Gasteiger partial charge < -0.3 is 10.2 Å². The number of benzene rings is 4. The van der Waals surface area contributed by atoms with Crippen LogP contribution < -0.4 is 5.73 Å². The highest BCUT2D eigenvalue weighted by Crippen LogP contribution is 2.31. The molecule has 4 aromatic carbocycles. The van der Waals surface area contributed by atoms with Gasteiger partial charge in [0.15, 0.2) is 0 Å². The van der Waals surface area contributed by atoms with Crippen LogP contribution in [0.2, 0.25) is 0 Å². The number of nitrogen functional groups attached to an aromatic ring is 1. The maximum atomic E-state index is 6.11. The highest BCUT2D eigenvalue weighted by atomic mass is 16.3. The van der Waals surface area contributed by atoms with Gasteiger partial charge in [-0.2, -0.15) is 0 Å². The first-order valence-corrected chi connectivity index (χ1v) is 9.07. The number of anilines is 1. The van der Waals surface area contributed by atoms with E-state index in [1.54, 1.807) is 0 Å². The second-order valence-corrected chi connectivity index (χ2v) is 6.98. The van der Waals surface area contributed by atoms with Crippen molar-refractivity contribution in [1.29, 1.82) is 0 Å². The molecule has 0 unspecified atom stereocenters. The summed E-state index contributed by atoms with van der Waals surface area (Å²) in [5.74, 6) is 0. The average molecular weight is 349 g/mol. The molecule has 0 fully saturated rings. The third-order valence-electron chi connectivity index (χ3n) is 5.10. The average Bonchev–Trinajstić information content (AvgIpc) is 3.04. The molecule has 0 radical (unpaired) electrons. The molecule has 5 rings (SSSR count). The van der Waals surface area contributed by atoms with Gasteiger partial charge in [0.1, 0.15) is 11.2 Å². The van der Waals surface area contributed by atoms with Crippen molar-refractivity contribution < 1.29 is 4.42 Å². The van der Waals surface area contributed by atoms with Crippen molar-refractivity contribution in [3.8, 4) is 0 Å². The summed E-state index contributed by atoms with van der Waals surface area (Å²) in [5.41, 5.74) is 12.2. The molecule has 0 aliphatic rings. The predicted molar refractivity (Wildman–Crippen MR) is 116 cm³/mol. The Labute approximate surface area is 157 Å². The number of nitrogens with two attached hydrogens (primary N) is 1. The van der Waals surface area contributed by atoms with E-state index in [0.29, 0.717) is 0 Å². The standard InChI is InChI=1S/C25H19NO/c1-16-6-11-21-22-12-8-17(15-25(22)27-24(21)14-16)7-9-18-10-13-23(26)20-5-3-2-4-19(18)20/h2-15H,26H2,1H3/b9-7+. The maximum Gasteiger partial charge on any atom is 0.136 e. The molecule has 0 saturated carbocycles. The Balaban J connectivity index is 1.58. The molecule has 2 heteroatoms. The highest BCUT2D eigenvalue weighted by Gasteiger charge is 2.07. The molecular weight excluding hydrogens is 330 g/mol. The van der Waals surface area contributed by atoms with E-state index in [2.05, 4.69) is 73.7 Å². The van der Waals surface area contributed by atoms with Crippen LogP contribution in [-0.2, 0) is 0 Å². The van der Waals surface area contributed by atoms with Crippen LogP contribution in [0.5, 0.6) is 0 Å². The molecule has 130 valence electrons. The van der Waals surface area contributed by atoms with Crippen molar-refractivity contribution in [2.75, 3.05) is 5.73 Å². The molecule has 0 aliphatic carbocycles. The normalized spacial score (nSPS) is 11.9. The Morgan fingerprint density at radius 1 is 0.704 bits per heavy atom. The molecular formula is C25H19NO. The number of fused-ring (bicyclic) bond motifs is 4. The van der Waals surface area contributed by atoms with E-state index in [0.717, 1.165) is 49.5 Å². The maximum absolute atomic E-state index is 6.11. The second-order valence-electron chi connectivity index (χ2n) is 6.98. The summed E-state index contributed by atoms with van der Waals surface area (Å²) in [4.78, 5) is 0. The largest absolute Gasteiger partial charge is 0.456 e. The Hall–Kier alpha value is -3.52. The van der Waals surface area contributed by atoms with E-state index in [9.17, 15) is 0 Å². The lowest BCUT2D eigenvalue weighted by atomic mass is 10.0. The van der Waals surface area contributed by atoms with Crippen LogP contribution in [0.25, 0.3) is 44.9 Å². The van der Waals surface area contributed by atoms with Crippen molar-refractivity contribution in [2.24, 2.45) is 0 Å². The molecule has 0 amide bonds. The number of hydrogen-bond donors (Lipinski definition) is 1. The monoisotopic (exact) mass is 349 g/mol. The van der Waals surface area contributed by atoms with Crippen LogP contribution in [0, 0.1) is 6.92 Å². The summed E-state index contributed by atoms with van der Waals surface area (Å²) in [6.07, 6.45) is 4.26. The van der Waals surface area contributed by atoms with E-state index in [1.807, 2.05) is 18.2 Å². The molecule has 2 N–H and O–H groups in total. The minimum Gasteiger partial charge on any atom is -0.456 e. The molecule has 1 aromatic heterocycles. The van der Waals surface area contributed by atoms with Gasteiger partial charge in [-0.25, -0.2) is 0 Å². The summed E-state index contributed by atoms with van der Waals surface area (Å²) in [6.45, 7) is 2.08. The molecule has 2 nitrogen and oxygen atoms in total. The van der Waals surface area contributed by atoms with Gasteiger partial charge in [-0.1, -0.05) is 60.7 Å². The summed E-state index contributed by atoms with van der Waals surface area (Å²) < 4.78 is 6.06. The number of aryl methyl sites for hydroxylation is 1. The van der Waals surface area contributed by atoms with E-state index in [4.69, 9.17) is 10.2 Å². The number of hydrogen-bond acceptors (Lipinski definition) is 2. The fraction of sp³-hybridized carbons (Fsp3) is 0.0400. The van der Waals surface area contributed by atoms with Gasteiger partial charge in [0, 0.05) is 21.8 Å². The van der Waals surface area contributed by atoms with Gasteiger partial charge in [0.25, 0.3) is 0 Å². The first-order chi connectivity index (χ1) is 13.2. The van der Waals surface area contributed by atoms with E-state index in [1.165, 1.54) is 5.56 Å². The Morgan fingerprint density at radius 3 is 2.30 bits per heavy atom. The van der Waals surface area contributed by atoms with Crippen LogP contribution in [-0.4, -0.2) is 0 Å². The molecule has 0 bridgehead atoms. The van der Waals surface area contributed by atoms with Crippen molar-refractivity contribution in [2.45, 2.75) is 6.92 Å². The third kappa shape index (κ3) is 2.67. The summed E-state index contributed by atoms with van der Waals surface area (Å²) in [5, 5.41) is 4.56. The topological polar surface area (TPSA) is 39.2 Å². The van der Waals surface area contributed by atoms with Gasteiger partial charge in [0.2, 0.25) is 0 Å². The quantitative estimate of drug-likeness (QED) is 0.281. The smallest absolute Gasteiger partial charge is 0.136 e. The van der Waals surface area contributed by atoms with Crippen LogP contribution in [0.3, 0.4) is 0 Å². The molecule has 0 spiro atoms. The predicted octanol–water partition coefficient (Wildman–Crippen LogP) is 6.80. The first-order valence-electron chi connectivity index (χ1n) is 9.07. The minimum absolute atomic E-state index is 0.807. The molecule has 1 heterocycles. The van der Waals surface area contributed by atoms with Crippen molar-refractivity contribution in [1.82, 2.24) is 0 Å². The fourth-order valence-electron chi connectivity index (χ4n) is 3.68. The number of furan rings is 1. The van der Waals surface area contributed by atoms with E-state index in [-0.39, 0.29) is 0 Å². The van der Waals surface area contributed by atoms with Gasteiger partial charge >= 0.3 is 0 Å². The van der Waals surface area contributed by atoms with Gasteiger partial charge in [0.05, 0.1) is 0 Å². The van der Waals surface area contributed by atoms with Crippen LogP contribution in [0.4, 0.5) is 5.69 Å². The van der Waals surface area contributed by atoms with Crippen LogP contribution in [0.1, 0.15) is 16.7 Å². The summed E-state index contributed by atoms with van der Waals surface area (Å²) in [7, 11) is 0. The lowest BCUT2D eigenvalue weighted by Crippen LogP contribution is -1.88. The van der Waals surface area contributed by atoms with Gasteiger partial charge in [-0.3, -0.25) is 0 Å². The Kier molecular flexibility index (Phi) is 3.51. The lowest BCUT2D eigenvalue weighted by molar-refractivity contribution is 0.668. The second kappa shape index (κ2) is 6.03. The molecule has 27 heavy (non-hydrogen) atoms. The Bertz CT molecular complexity index is 1340. The van der Waals surface area contributed by atoms with Crippen LogP contribution >= 0.6 is 0 Å². The molecule has 0 saturated heterocycles. The van der Waals surface area contributed by atoms with Crippen LogP contribution in [0.15, 0.2) is 77.2 Å². The molecule has 0 atom stereocenters. The summed E-state index contributed by atoms with van der Waals surface area (Å²) in [6, 6.07) is 25.0. The Morgan fingerprint density at radius 2 is 1.44 bits per heavy atom. The SMILES string of the molecule is Cc1ccc2c(c1)oc1cc(/C=C/c3ccc(N)c4ccccc34)ccc12. The van der Waals surface area contributed by atoms with Gasteiger partial charge in [-0.05, 0) is 53.3 Å². The minimum atomic E-state index is 0.807. The molecule has 0 aliphatic heterocycles. The van der Waals surface area contributed by atoms with Crippen molar-refractivity contribution in [3.63, 3.8) is 0 Å². The zero-order valence-electron chi connectivity index (χ0n) is 15.1. The van der Waals surface area contributed by atoms with Gasteiger partial charge in [-0.15, -0.1) is 0 Å².